The van der Waals surface area contributed by atoms with Crippen LogP contribution in [0, 0.1) is 3.57 Å². The molecule has 0 saturated heterocycles. The summed E-state index contributed by atoms with van der Waals surface area (Å²) in [5, 5.41) is 22.2. The molecule has 0 atom stereocenters. The fourth-order valence-corrected chi connectivity index (χ4v) is 2.09. The Morgan fingerprint density at radius 3 is 2.53 bits per heavy atom. The predicted molar refractivity (Wildman–Crippen MR) is 76.3 cm³/mol. The van der Waals surface area contributed by atoms with Gasteiger partial charge in [0.25, 0.3) is 0 Å². The van der Waals surface area contributed by atoms with Crippen LogP contribution in [0.5, 0.6) is 11.5 Å². The zero-order valence-electron chi connectivity index (χ0n) is 9.02. The Kier molecular flexibility index (Phi) is 3.73. The van der Waals surface area contributed by atoms with Crippen molar-refractivity contribution in [1.29, 1.82) is 0 Å². The van der Waals surface area contributed by atoms with Crippen molar-refractivity contribution in [2.75, 3.05) is 5.32 Å². The average Bonchev–Trinajstić information content (AvgIpc) is 2.33. The lowest BCUT2D eigenvalue weighted by Gasteiger charge is -2.10. The standard InChI is InChI=1S/C13H12INO2/c14-10-5-1-2-6-11(10)15-8-9-4-3-7-12(16)13(9)17/h1-7,15-17H,8H2. The summed E-state index contributed by atoms with van der Waals surface area (Å²) in [6.07, 6.45) is 0. The van der Waals surface area contributed by atoms with Crippen molar-refractivity contribution in [1.82, 2.24) is 0 Å². The normalized spacial score (nSPS) is 10.2. The Morgan fingerprint density at radius 1 is 1.00 bits per heavy atom. The van der Waals surface area contributed by atoms with Crippen LogP contribution in [-0.4, -0.2) is 10.2 Å². The van der Waals surface area contributed by atoms with Gasteiger partial charge in [-0.3, -0.25) is 0 Å². The van der Waals surface area contributed by atoms with Crippen LogP contribution in [0.4, 0.5) is 5.69 Å². The number of halogens is 1. The molecule has 3 nitrogen and oxygen atoms in total. The Labute approximate surface area is 113 Å². The lowest BCUT2D eigenvalue weighted by molar-refractivity contribution is 0.400. The van der Waals surface area contributed by atoms with E-state index in [1.165, 1.54) is 6.07 Å². The number of phenolic OH excluding ortho intramolecular Hbond substituents is 2. The van der Waals surface area contributed by atoms with E-state index in [1.807, 2.05) is 24.3 Å². The second kappa shape index (κ2) is 5.27. The van der Waals surface area contributed by atoms with E-state index in [0.29, 0.717) is 12.1 Å². The SMILES string of the molecule is Oc1cccc(CNc2ccccc2I)c1O. The van der Waals surface area contributed by atoms with Gasteiger partial charge >= 0.3 is 0 Å². The van der Waals surface area contributed by atoms with Crippen LogP contribution in [0.1, 0.15) is 5.56 Å². The molecule has 2 rings (SSSR count). The monoisotopic (exact) mass is 341 g/mol. The summed E-state index contributed by atoms with van der Waals surface area (Å²) in [5.74, 6) is -0.155. The minimum atomic E-state index is -0.0907. The lowest BCUT2D eigenvalue weighted by atomic mass is 10.2. The van der Waals surface area contributed by atoms with Crippen molar-refractivity contribution in [3.63, 3.8) is 0 Å². The van der Waals surface area contributed by atoms with Gasteiger partial charge in [0.2, 0.25) is 0 Å². The molecule has 4 heteroatoms. The van der Waals surface area contributed by atoms with Crippen LogP contribution >= 0.6 is 22.6 Å². The van der Waals surface area contributed by atoms with E-state index in [-0.39, 0.29) is 11.5 Å². The topological polar surface area (TPSA) is 52.5 Å². The smallest absolute Gasteiger partial charge is 0.162 e. The first-order valence-electron chi connectivity index (χ1n) is 5.16. The second-order valence-corrected chi connectivity index (χ2v) is 4.78. The zero-order chi connectivity index (χ0) is 12.3. The first-order valence-corrected chi connectivity index (χ1v) is 6.24. The summed E-state index contributed by atoms with van der Waals surface area (Å²) in [7, 11) is 0. The molecule has 0 aliphatic carbocycles. The molecule has 0 aliphatic rings. The summed E-state index contributed by atoms with van der Waals surface area (Å²) in [4.78, 5) is 0. The molecule has 0 spiro atoms. The molecule has 0 saturated carbocycles. The lowest BCUT2D eigenvalue weighted by Crippen LogP contribution is -2.01. The van der Waals surface area contributed by atoms with E-state index in [2.05, 4.69) is 27.9 Å². The second-order valence-electron chi connectivity index (χ2n) is 3.62. The van der Waals surface area contributed by atoms with Gasteiger partial charge in [-0.05, 0) is 40.8 Å². The van der Waals surface area contributed by atoms with E-state index in [4.69, 9.17) is 0 Å². The van der Waals surface area contributed by atoms with Crippen molar-refractivity contribution < 1.29 is 10.2 Å². The Hall–Kier alpha value is -1.43. The van der Waals surface area contributed by atoms with Gasteiger partial charge in [-0.25, -0.2) is 0 Å². The van der Waals surface area contributed by atoms with E-state index in [0.717, 1.165) is 9.26 Å². The summed E-state index contributed by atoms with van der Waals surface area (Å²) < 4.78 is 1.12. The number of para-hydroxylation sites is 2. The van der Waals surface area contributed by atoms with E-state index < -0.39 is 0 Å². The van der Waals surface area contributed by atoms with Crippen LogP contribution in [-0.2, 0) is 6.54 Å². The van der Waals surface area contributed by atoms with Gasteiger partial charge in [-0.1, -0.05) is 24.3 Å². The zero-order valence-corrected chi connectivity index (χ0v) is 11.2. The molecule has 0 amide bonds. The van der Waals surface area contributed by atoms with Crippen LogP contribution in [0.25, 0.3) is 0 Å². The number of anilines is 1. The molecular formula is C13H12INO2. The maximum absolute atomic E-state index is 9.65. The van der Waals surface area contributed by atoms with Gasteiger partial charge < -0.3 is 15.5 Å². The van der Waals surface area contributed by atoms with Gasteiger partial charge in [-0.15, -0.1) is 0 Å². The summed E-state index contributed by atoms with van der Waals surface area (Å²) in [5.41, 5.74) is 1.68. The summed E-state index contributed by atoms with van der Waals surface area (Å²) in [6, 6.07) is 12.9. The van der Waals surface area contributed by atoms with Gasteiger partial charge in [0.1, 0.15) is 0 Å². The van der Waals surface area contributed by atoms with E-state index in [9.17, 15) is 10.2 Å². The van der Waals surface area contributed by atoms with E-state index in [1.54, 1.807) is 12.1 Å². The van der Waals surface area contributed by atoms with Gasteiger partial charge in [0, 0.05) is 21.4 Å². The number of rotatable bonds is 3. The highest BCUT2D eigenvalue weighted by Gasteiger charge is 2.05. The highest BCUT2D eigenvalue weighted by atomic mass is 127. The number of aromatic hydroxyl groups is 2. The molecule has 0 radical (unpaired) electrons. The Balaban J connectivity index is 2.13. The molecule has 0 unspecified atom stereocenters. The van der Waals surface area contributed by atoms with Crippen molar-refractivity contribution >= 4 is 28.3 Å². The van der Waals surface area contributed by atoms with Gasteiger partial charge in [-0.2, -0.15) is 0 Å². The van der Waals surface area contributed by atoms with Crippen LogP contribution < -0.4 is 5.32 Å². The maximum atomic E-state index is 9.65. The van der Waals surface area contributed by atoms with Crippen molar-refractivity contribution in [2.45, 2.75) is 6.54 Å². The number of phenols is 2. The summed E-state index contributed by atoms with van der Waals surface area (Å²) in [6.45, 7) is 0.472. The molecule has 0 heterocycles. The maximum Gasteiger partial charge on any atom is 0.162 e. The highest BCUT2D eigenvalue weighted by Crippen LogP contribution is 2.29. The van der Waals surface area contributed by atoms with Gasteiger partial charge in [0.15, 0.2) is 11.5 Å². The average molecular weight is 341 g/mol. The third-order valence-electron chi connectivity index (χ3n) is 2.44. The minimum Gasteiger partial charge on any atom is -0.504 e. The number of hydrogen-bond acceptors (Lipinski definition) is 3. The minimum absolute atomic E-state index is 0.0639. The van der Waals surface area contributed by atoms with Crippen molar-refractivity contribution in [3.8, 4) is 11.5 Å². The molecule has 3 N–H and O–H groups in total. The van der Waals surface area contributed by atoms with E-state index >= 15 is 0 Å². The molecule has 0 aliphatic heterocycles. The summed E-state index contributed by atoms with van der Waals surface area (Å²) >= 11 is 2.24. The van der Waals surface area contributed by atoms with Crippen molar-refractivity contribution in [3.05, 3.63) is 51.6 Å². The van der Waals surface area contributed by atoms with Crippen molar-refractivity contribution in [2.24, 2.45) is 0 Å². The Bertz CT molecular complexity index is 529. The number of hydrogen-bond donors (Lipinski definition) is 3. The number of nitrogens with one attached hydrogen (secondary N) is 1. The fraction of sp³-hybridized carbons (Fsp3) is 0.0769. The quantitative estimate of drug-likeness (QED) is 0.593. The molecule has 0 fully saturated rings. The van der Waals surface area contributed by atoms with Crippen LogP contribution in [0.3, 0.4) is 0 Å². The predicted octanol–water partition coefficient (Wildman–Crippen LogP) is 3.31. The highest BCUT2D eigenvalue weighted by molar-refractivity contribution is 14.1. The van der Waals surface area contributed by atoms with Crippen LogP contribution in [0.2, 0.25) is 0 Å². The largest absolute Gasteiger partial charge is 0.504 e. The number of benzene rings is 2. The molecule has 0 aromatic heterocycles. The van der Waals surface area contributed by atoms with Gasteiger partial charge in [0.05, 0.1) is 0 Å². The molecule has 88 valence electrons. The molecule has 0 bridgehead atoms. The Morgan fingerprint density at radius 2 is 1.76 bits per heavy atom. The molecule has 17 heavy (non-hydrogen) atoms. The first kappa shape index (κ1) is 12.0. The molecule has 2 aromatic carbocycles. The molecular weight excluding hydrogens is 329 g/mol. The third kappa shape index (κ3) is 2.82. The molecule has 2 aromatic rings. The fourth-order valence-electron chi connectivity index (χ4n) is 1.52. The van der Waals surface area contributed by atoms with Crippen LogP contribution in [0.15, 0.2) is 42.5 Å². The third-order valence-corrected chi connectivity index (χ3v) is 3.38. The first-order chi connectivity index (χ1) is 8.18.